The van der Waals surface area contributed by atoms with Crippen LogP contribution in [0.25, 0.3) is 0 Å². The van der Waals surface area contributed by atoms with E-state index >= 15 is 0 Å². The summed E-state index contributed by atoms with van der Waals surface area (Å²) in [5.41, 5.74) is 7.16. The lowest BCUT2D eigenvalue weighted by atomic mass is 10.2. The third-order valence-corrected chi connectivity index (χ3v) is 2.35. The fourth-order valence-corrected chi connectivity index (χ4v) is 1.46. The van der Waals surface area contributed by atoms with Gasteiger partial charge in [-0.1, -0.05) is 12.1 Å². The molecule has 2 rings (SSSR count). The molecule has 17 heavy (non-hydrogen) atoms. The van der Waals surface area contributed by atoms with E-state index < -0.39 is 0 Å². The van der Waals surface area contributed by atoms with Crippen molar-refractivity contribution in [3.63, 3.8) is 0 Å². The highest BCUT2D eigenvalue weighted by atomic mass is 19.1. The van der Waals surface area contributed by atoms with Crippen LogP contribution in [-0.4, -0.2) is 4.98 Å². The van der Waals surface area contributed by atoms with Gasteiger partial charge < -0.3 is 10.5 Å². The fraction of sp³-hybridized carbons (Fsp3) is 0.154. The third kappa shape index (κ3) is 2.93. The van der Waals surface area contributed by atoms with Crippen LogP contribution < -0.4 is 10.5 Å². The van der Waals surface area contributed by atoms with Crippen LogP contribution >= 0.6 is 0 Å². The molecule has 2 N–H and O–H groups in total. The average molecular weight is 232 g/mol. The van der Waals surface area contributed by atoms with Gasteiger partial charge in [0.05, 0.1) is 5.69 Å². The van der Waals surface area contributed by atoms with Crippen molar-refractivity contribution in [2.75, 3.05) is 5.73 Å². The SMILES string of the molecule is Cc1ccc(F)cc1OCc1cccc(N)n1. The fourth-order valence-electron chi connectivity index (χ4n) is 1.46. The Balaban J connectivity index is 2.09. The Labute approximate surface area is 99.1 Å². The summed E-state index contributed by atoms with van der Waals surface area (Å²) in [7, 11) is 0. The number of ether oxygens (including phenoxy) is 1. The predicted octanol–water partition coefficient (Wildman–Crippen LogP) is 2.69. The molecular weight excluding hydrogens is 219 g/mol. The van der Waals surface area contributed by atoms with E-state index in [1.54, 1.807) is 18.2 Å². The molecule has 88 valence electrons. The highest BCUT2D eigenvalue weighted by molar-refractivity contribution is 5.33. The van der Waals surface area contributed by atoms with Gasteiger partial charge in [-0.25, -0.2) is 9.37 Å². The predicted molar refractivity (Wildman–Crippen MR) is 64.1 cm³/mol. The van der Waals surface area contributed by atoms with Gasteiger partial charge in [0, 0.05) is 6.07 Å². The number of benzene rings is 1. The van der Waals surface area contributed by atoms with Crippen molar-refractivity contribution in [2.24, 2.45) is 0 Å². The average Bonchev–Trinajstić information content (AvgIpc) is 2.30. The molecule has 1 heterocycles. The van der Waals surface area contributed by atoms with Crippen molar-refractivity contribution in [2.45, 2.75) is 13.5 Å². The molecule has 0 amide bonds. The molecule has 1 aromatic carbocycles. The molecular formula is C13H13FN2O. The second-order valence-corrected chi connectivity index (χ2v) is 3.75. The summed E-state index contributed by atoms with van der Waals surface area (Å²) < 4.78 is 18.5. The van der Waals surface area contributed by atoms with E-state index in [-0.39, 0.29) is 12.4 Å². The summed E-state index contributed by atoms with van der Waals surface area (Å²) in [5, 5.41) is 0. The highest BCUT2D eigenvalue weighted by Gasteiger charge is 2.03. The van der Waals surface area contributed by atoms with E-state index in [4.69, 9.17) is 10.5 Å². The van der Waals surface area contributed by atoms with Gasteiger partial charge in [0.15, 0.2) is 0 Å². The molecule has 0 spiro atoms. The smallest absolute Gasteiger partial charge is 0.130 e. The van der Waals surface area contributed by atoms with Gasteiger partial charge in [-0.3, -0.25) is 0 Å². The van der Waals surface area contributed by atoms with Crippen molar-refractivity contribution >= 4 is 5.82 Å². The number of anilines is 1. The van der Waals surface area contributed by atoms with E-state index in [0.717, 1.165) is 5.56 Å². The minimum atomic E-state index is -0.314. The second-order valence-electron chi connectivity index (χ2n) is 3.75. The maximum Gasteiger partial charge on any atom is 0.130 e. The van der Waals surface area contributed by atoms with E-state index in [0.29, 0.717) is 17.3 Å². The summed E-state index contributed by atoms with van der Waals surface area (Å²) in [6.07, 6.45) is 0. The molecule has 0 aliphatic rings. The first-order valence-electron chi connectivity index (χ1n) is 5.25. The van der Waals surface area contributed by atoms with Crippen LogP contribution in [0.15, 0.2) is 36.4 Å². The van der Waals surface area contributed by atoms with E-state index in [1.165, 1.54) is 12.1 Å². The zero-order valence-electron chi connectivity index (χ0n) is 9.48. The second kappa shape index (κ2) is 4.82. The minimum absolute atomic E-state index is 0.273. The van der Waals surface area contributed by atoms with Crippen LogP contribution in [0, 0.1) is 12.7 Å². The Morgan fingerprint density at radius 1 is 1.29 bits per heavy atom. The van der Waals surface area contributed by atoms with Gasteiger partial charge in [0.2, 0.25) is 0 Å². The lowest BCUT2D eigenvalue weighted by molar-refractivity contribution is 0.298. The summed E-state index contributed by atoms with van der Waals surface area (Å²) >= 11 is 0. The van der Waals surface area contributed by atoms with Crippen molar-refractivity contribution in [1.82, 2.24) is 4.98 Å². The van der Waals surface area contributed by atoms with Gasteiger partial charge in [-0.05, 0) is 30.7 Å². The Morgan fingerprint density at radius 3 is 2.88 bits per heavy atom. The Hall–Kier alpha value is -2.10. The maximum absolute atomic E-state index is 13.0. The molecule has 0 fully saturated rings. The first kappa shape index (κ1) is 11.4. The summed E-state index contributed by atoms with van der Waals surface area (Å²) in [6.45, 7) is 2.14. The number of hydrogen-bond donors (Lipinski definition) is 1. The van der Waals surface area contributed by atoms with Crippen molar-refractivity contribution in [3.05, 3.63) is 53.5 Å². The van der Waals surface area contributed by atoms with Crippen LogP contribution in [-0.2, 0) is 6.61 Å². The third-order valence-electron chi connectivity index (χ3n) is 2.35. The number of nitrogens with two attached hydrogens (primary N) is 1. The number of nitrogen functional groups attached to an aromatic ring is 1. The molecule has 3 nitrogen and oxygen atoms in total. The quantitative estimate of drug-likeness (QED) is 0.885. The number of aryl methyl sites for hydroxylation is 1. The number of nitrogens with zero attached hydrogens (tertiary/aromatic N) is 1. The minimum Gasteiger partial charge on any atom is -0.487 e. The van der Waals surface area contributed by atoms with Crippen LogP contribution in [0.2, 0.25) is 0 Å². The van der Waals surface area contributed by atoms with E-state index in [1.807, 2.05) is 13.0 Å². The normalized spacial score (nSPS) is 10.2. The highest BCUT2D eigenvalue weighted by Crippen LogP contribution is 2.19. The van der Waals surface area contributed by atoms with Crippen LogP contribution in [0.5, 0.6) is 5.75 Å². The van der Waals surface area contributed by atoms with Crippen LogP contribution in [0.3, 0.4) is 0 Å². The Kier molecular flexibility index (Phi) is 3.23. The molecule has 4 heteroatoms. The van der Waals surface area contributed by atoms with Gasteiger partial charge >= 0.3 is 0 Å². The monoisotopic (exact) mass is 232 g/mol. The number of aromatic nitrogens is 1. The molecule has 0 aliphatic carbocycles. The molecule has 0 saturated heterocycles. The topological polar surface area (TPSA) is 48.1 Å². The van der Waals surface area contributed by atoms with E-state index in [9.17, 15) is 4.39 Å². The number of rotatable bonds is 3. The number of halogens is 1. The van der Waals surface area contributed by atoms with E-state index in [2.05, 4.69) is 4.98 Å². The largest absolute Gasteiger partial charge is 0.487 e. The molecule has 0 radical (unpaired) electrons. The molecule has 0 bridgehead atoms. The molecule has 0 saturated carbocycles. The standard InChI is InChI=1S/C13H13FN2O/c1-9-5-6-10(14)7-12(9)17-8-11-3-2-4-13(15)16-11/h2-7H,8H2,1H3,(H2,15,16). The van der Waals surface area contributed by atoms with Crippen molar-refractivity contribution in [1.29, 1.82) is 0 Å². The van der Waals surface area contributed by atoms with Crippen LogP contribution in [0.4, 0.5) is 10.2 Å². The molecule has 1 aromatic heterocycles. The van der Waals surface area contributed by atoms with Gasteiger partial charge in [0.1, 0.15) is 24.0 Å². The lowest BCUT2D eigenvalue weighted by Crippen LogP contribution is -2.01. The van der Waals surface area contributed by atoms with Crippen LogP contribution in [0.1, 0.15) is 11.3 Å². The van der Waals surface area contributed by atoms with Gasteiger partial charge in [0.25, 0.3) is 0 Å². The van der Waals surface area contributed by atoms with Gasteiger partial charge in [-0.2, -0.15) is 0 Å². The molecule has 0 atom stereocenters. The first-order valence-corrected chi connectivity index (χ1v) is 5.25. The Bertz CT molecular complexity index is 529. The van der Waals surface area contributed by atoms with Crippen molar-refractivity contribution < 1.29 is 9.13 Å². The summed E-state index contributed by atoms with van der Waals surface area (Å²) in [5.74, 6) is 0.655. The van der Waals surface area contributed by atoms with Crippen molar-refractivity contribution in [3.8, 4) is 5.75 Å². The Morgan fingerprint density at radius 2 is 2.12 bits per heavy atom. The zero-order chi connectivity index (χ0) is 12.3. The number of pyridine rings is 1. The first-order chi connectivity index (χ1) is 8.15. The lowest BCUT2D eigenvalue weighted by Gasteiger charge is -2.08. The molecule has 2 aromatic rings. The maximum atomic E-state index is 13.0. The molecule has 0 unspecified atom stereocenters. The number of hydrogen-bond acceptors (Lipinski definition) is 3. The molecule has 0 aliphatic heterocycles. The summed E-state index contributed by atoms with van der Waals surface area (Å²) in [4.78, 5) is 4.10. The summed E-state index contributed by atoms with van der Waals surface area (Å²) in [6, 6.07) is 9.77. The van der Waals surface area contributed by atoms with Gasteiger partial charge in [-0.15, -0.1) is 0 Å². The zero-order valence-corrected chi connectivity index (χ0v) is 9.48.